The molecule has 8 heteroatoms. The molecule has 0 N–H and O–H groups in total. The molecule has 0 unspecified atom stereocenters. The predicted octanol–water partition coefficient (Wildman–Crippen LogP) is 3.45. The summed E-state index contributed by atoms with van der Waals surface area (Å²) in [5.41, 5.74) is 2.47. The zero-order valence-electron chi connectivity index (χ0n) is 18.9. The van der Waals surface area contributed by atoms with Gasteiger partial charge in [0.25, 0.3) is 0 Å². The number of nitrogens with zero attached hydrogens (tertiary/aromatic N) is 3. The van der Waals surface area contributed by atoms with Crippen molar-refractivity contribution in [2.24, 2.45) is 0 Å². The number of rotatable bonds is 4. The van der Waals surface area contributed by atoms with Gasteiger partial charge < -0.3 is 9.64 Å². The highest BCUT2D eigenvalue weighted by atomic mass is 32.2. The molecule has 0 atom stereocenters. The zero-order chi connectivity index (χ0) is 23.3. The maximum Gasteiger partial charge on any atom is 0.248 e. The molecule has 1 aliphatic carbocycles. The third-order valence-electron chi connectivity index (χ3n) is 7.35. The summed E-state index contributed by atoms with van der Waals surface area (Å²) in [6.45, 7) is 1.48. The number of piperidine rings is 1. The minimum Gasteiger partial charge on any atom is -0.363 e. The van der Waals surface area contributed by atoms with Gasteiger partial charge in [-0.15, -0.1) is 0 Å². The van der Waals surface area contributed by atoms with Gasteiger partial charge in [0, 0.05) is 30.7 Å². The number of fused-ring (bicyclic) bond motifs is 1. The normalized spacial score (nSPS) is 21.3. The number of aromatic nitrogens is 1. The Balaban J connectivity index is 1.19. The fourth-order valence-electron chi connectivity index (χ4n) is 5.20. The average molecular weight is 478 g/mol. The molecular formula is C26H27N3O4S. The monoisotopic (exact) mass is 477 g/mol. The number of carbonyl (C=O) groups is 1. The van der Waals surface area contributed by atoms with Gasteiger partial charge in [-0.05, 0) is 61.1 Å². The third kappa shape index (κ3) is 3.79. The van der Waals surface area contributed by atoms with Crippen LogP contribution in [-0.2, 0) is 19.6 Å². The van der Waals surface area contributed by atoms with Crippen molar-refractivity contribution in [2.45, 2.75) is 42.2 Å². The van der Waals surface area contributed by atoms with Crippen LogP contribution in [0, 0.1) is 0 Å². The van der Waals surface area contributed by atoms with E-state index in [0.29, 0.717) is 43.4 Å². The lowest BCUT2D eigenvalue weighted by molar-refractivity contribution is -0.170. The molecule has 176 valence electrons. The van der Waals surface area contributed by atoms with Gasteiger partial charge in [-0.3, -0.25) is 9.78 Å². The molecule has 7 nitrogen and oxygen atoms in total. The maximum atomic E-state index is 13.4. The Bertz CT molecular complexity index is 1340. The molecule has 2 aromatic carbocycles. The number of amides is 1. The topological polar surface area (TPSA) is 79.8 Å². The second kappa shape index (κ2) is 8.15. The van der Waals surface area contributed by atoms with Gasteiger partial charge in [0.15, 0.2) is 0 Å². The van der Waals surface area contributed by atoms with E-state index in [1.165, 1.54) is 0 Å². The van der Waals surface area contributed by atoms with E-state index in [-0.39, 0.29) is 12.5 Å². The van der Waals surface area contributed by atoms with Crippen molar-refractivity contribution in [1.29, 1.82) is 0 Å². The number of carbonyl (C=O) groups excluding carboxylic acids is 1. The Kier molecular flexibility index (Phi) is 5.20. The lowest BCUT2D eigenvalue weighted by Crippen LogP contribution is -2.59. The van der Waals surface area contributed by atoms with Crippen molar-refractivity contribution in [1.82, 2.24) is 14.2 Å². The molecule has 2 aliphatic heterocycles. The summed E-state index contributed by atoms with van der Waals surface area (Å²) >= 11 is 0. The number of hydrogen-bond donors (Lipinski definition) is 0. The highest BCUT2D eigenvalue weighted by Crippen LogP contribution is 2.37. The molecule has 3 heterocycles. The highest BCUT2D eigenvalue weighted by Gasteiger charge is 2.47. The van der Waals surface area contributed by atoms with E-state index >= 15 is 0 Å². The van der Waals surface area contributed by atoms with Crippen molar-refractivity contribution in [3.8, 4) is 11.1 Å². The van der Waals surface area contributed by atoms with Crippen molar-refractivity contribution in [3.05, 3.63) is 60.8 Å². The van der Waals surface area contributed by atoms with Crippen LogP contribution in [0.15, 0.2) is 65.7 Å². The van der Waals surface area contributed by atoms with Crippen LogP contribution in [0.4, 0.5) is 0 Å². The molecule has 34 heavy (non-hydrogen) atoms. The third-order valence-corrected chi connectivity index (χ3v) is 9.27. The summed E-state index contributed by atoms with van der Waals surface area (Å²) in [6.07, 6.45) is 5.10. The van der Waals surface area contributed by atoms with Crippen LogP contribution in [0.25, 0.3) is 22.0 Å². The van der Waals surface area contributed by atoms with Gasteiger partial charge in [0.2, 0.25) is 15.9 Å². The SMILES string of the molecule is O=C1COC2(CCN(S(=O)(=O)c3ccc(-c4ccnc5ccccc45)cc3)CC2)CN1C1CC1. The van der Waals surface area contributed by atoms with Crippen LogP contribution in [0.2, 0.25) is 0 Å². The lowest BCUT2D eigenvalue weighted by Gasteiger charge is -2.46. The van der Waals surface area contributed by atoms with Crippen LogP contribution in [-0.4, -0.2) is 66.4 Å². The van der Waals surface area contributed by atoms with Crippen LogP contribution < -0.4 is 0 Å². The van der Waals surface area contributed by atoms with Crippen LogP contribution >= 0.6 is 0 Å². The van der Waals surface area contributed by atoms with Gasteiger partial charge in [0.05, 0.1) is 22.6 Å². The molecule has 1 amide bonds. The number of hydrogen-bond acceptors (Lipinski definition) is 5. The Morgan fingerprint density at radius 1 is 0.971 bits per heavy atom. The van der Waals surface area contributed by atoms with Gasteiger partial charge in [0.1, 0.15) is 6.61 Å². The van der Waals surface area contributed by atoms with E-state index in [1.807, 2.05) is 47.4 Å². The lowest BCUT2D eigenvalue weighted by atomic mass is 9.90. The van der Waals surface area contributed by atoms with E-state index in [0.717, 1.165) is 34.9 Å². The molecule has 3 fully saturated rings. The molecule has 2 saturated heterocycles. The van der Waals surface area contributed by atoms with E-state index in [1.54, 1.807) is 22.6 Å². The number of pyridine rings is 1. The van der Waals surface area contributed by atoms with E-state index in [9.17, 15) is 13.2 Å². The quantitative estimate of drug-likeness (QED) is 0.575. The van der Waals surface area contributed by atoms with Crippen molar-refractivity contribution in [2.75, 3.05) is 26.2 Å². The molecule has 3 aliphatic rings. The van der Waals surface area contributed by atoms with Gasteiger partial charge >= 0.3 is 0 Å². The first-order valence-corrected chi connectivity index (χ1v) is 13.3. The fourth-order valence-corrected chi connectivity index (χ4v) is 6.64. The molecule has 6 rings (SSSR count). The standard InChI is InChI=1S/C26H27N3O4S/c30-25-17-33-26(18-29(25)20-7-8-20)12-15-28(16-13-26)34(31,32)21-9-5-19(6-10-21)22-11-14-27-24-4-2-1-3-23(22)24/h1-6,9-11,14,20H,7-8,12-13,15-18H2. The average Bonchev–Trinajstić information content (AvgIpc) is 3.71. The first kappa shape index (κ1) is 21.7. The second-order valence-electron chi connectivity index (χ2n) is 9.53. The minimum atomic E-state index is -3.60. The van der Waals surface area contributed by atoms with E-state index < -0.39 is 15.6 Å². The van der Waals surface area contributed by atoms with E-state index in [4.69, 9.17) is 4.74 Å². The smallest absolute Gasteiger partial charge is 0.248 e. The molecular weight excluding hydrogens is 450 g/mol. The minimum absolute atomic E-state index is 0.0604. The molecule has 1 saturated carbocycles. The molecule has 1 aromatic heterocycles. The van der Waals surface area contributed by atoms with Crippen molar-refractivity contribution in [3.63, 3.8) is 0 Å². The van der Waals surface area contributed by atoms with E-state index in [2.05, 4.69) is 4.98 Å². The predicted molar refractivity (Wildman–Crippen MR) is 129 cm³/mol. The maximum absolute atomic E-state index is 13.4. The zero-order valence-corrected chi connectivity index (χ0v) is 19.7. The molecule has 3 aromatic rings. The van der Waals surface area contributed by atoms with Crippen LogP contribution in [0.1, 0.15) is 25.7 Å². The van der Waals surface area contributed by atoms with Crippen LogP contribution in [0.3, 0.4) is 0 Å². The molecule has 0 bridgehead atoms. The van der Waals surface area contributed by atoms with Gasteiger partial charge in [-0.2, -0.15) is 4.31 Å². The fraction of sp³-hybridized carbons (Fsp3) is 0.385. The van der Waals surface area contributed by atoms with Crippen molar-refractivity contribution >= 4 is 26.8 Å². The second-order valence-corrected chi connectivity index (χ2v) is 11.5. The number of benzene rings is 2. The molecule has 1 spiro atoms. The number of sulfonamides is 1. The van der Waals surface area contributed by atoms with Crippen molar-refractivity contribution < 1.29 is 17.9 Å². The number of morpholine rings is 1. The summed E-state index contributed by atoms with van der Waals surface area (Å²) in [4.78, 5) is 18.9. The first-order chi connectivity index (χ1) is 16.5. The van der Waals surface area contributed by atoms with Crippen LogP contribution in [0.5, 0.6) is 0 Å². The first-order valence-electron chi connectivity index (χ1n) is 11.8. The van der Waals surface area contributed by atoms with Gasteiger partial charge in [-0.1, -0.05) is 30.3 Å². The summed E-state index contributed by atoms with van der Waals surface area (Å²) in [5.74, 6) is 0.0604. The summed E-state index contributed by atoms with van der Waals surface area (Å²) in [6, 6.07) is 17.3. The highest BCUT2D eigenvalue weighted by molar-refractivity contribution is 7.89. The number of para-hydroxylation sites is 1. The Morgan fingerprint density at radius 2 is 1.71 bits per heavy atom. The summed E-state index contributed by atoms with van der Waals surface area (Å²) in [7, 11) is -3.60. The molecule has 0 radical (unpaired) electrons. The number of ether oxygens (including phenoxy) is 1. The van der Waals surface area contributed by atoms with Gasteiger partial charge in [-0.25, -0.2) is 8.42 Å². The Hall–Kier alpha value is -2.81. The Morgan fingerprint density at radius 3 is 2.44 bits per heavy atom. The Labute approximate surface area is 199 Å². The summed E-state index contributed by atoms with van der Waals surface area (Å²) in [5, 5.41) is 1.04. The summed E-state index contributed by atoms with van der Waals surface area (Å²) < 4.78 is 34.3. The largest absolute Gasteiger partial charge is 0.363 e.